The number of aryl methyl sites for hydroxylation is 3. The number of nitriles is 1. The number of rotatable bonds is 4. The van der Waals surface area contributed by atoms with Gasteiger partial charge >= 0.3 is 0 Å². The average molecular weight is 621 g/mol. The lowest BCUT2D eigenvalue weighted by Crippen LogP contribution is -1.98. The second-order valence-corrected chi connectivity index (χ2v) is 12.3. The molecule has 0 unspecified atom stereocenters. The van der Waals surface area contributed by atoms with Crippen molar-refractivity contribution in [2.75, 3.05) is 0 Å². The molecule has 0 aliphatic carbocycles. The molecule has 0 aliphatic rings. The molecule has 0 saturated carbocycles. The van der Waals surface area contributed by atoms with Crippen LogP contribution >= 0.6 is 0 Å². The highest BCUT2D eigenvalue weighted by Gasteiger charge is 2.20. The Bertz CT molecular complexity index is 2780. The molecule has 5 aromatic carbocycles. The van der Waals surface area contributed by atoms with Crippen LogP contribution in [-0.4, -0.2) is 24.1 Å². The van der Waals surface area contributed by atoms with Crippen molar-refractivity contribution in [3.05, 3.63) is 138 Å². The van der Waals surface area contributed by atoms with E-state index in [1.807, 2.05) is 54.6 Å². The van der Waals surface area contributed by atoms with Crippen LogP contribution in [0.5, 0.6) is 11.5 Å². The molecule has 7 heteroatoms. The van der Waals surface area contributed by atoms with Crippen molar-refractivity contribution in [3.63, 3.8) is 0 Å². The van der Waals surface area contributed by atoms with Gasteiger partial charge in [-0.1, -0.05) is 42.0 Å². The summed E-state index contributed by atoms with van der Waals surface area (Å²) in [5.74, 6) is 3.00. The first kappa shape index (κ1) is 27.8. The summed E-state index contributed by atoms with van der Waals surface area (Å²) in [6.07, 6.45) is 1.79. The molecule has 9 aromatic rings. The molecule has 4 aromatic heterocycles. The summed E-state index contributed by atoms with van der Waals surface area (Å²) >= 11 is 0. The Morgan fingerprint density at radius 3 is 2.17 bits per heavy atom. The molecule has 0 atom stereocenters. The molecule has 48 heavy (non-hydrogen) atoms. The Morgan fingerprint density at radius 2 is 1.38 bits per heavy atom. The Hall–Kier alpha value is -6.52. The molecule has 7 nitrogen and oxygen atoms in total. The van der Waals surface area contributed by atoms with Crippen LogP contribution in [0.3, 0.4) is 0 Å². The van der Waals surface area contributed by atoms with Crippen molar-refractivity contribution >= 4 is 49.1 Å². The van der Waals surface area contributed by atoms with Crippen molar-refractivity contribution in [3.8, 4) is 34.8 Å². The number of hydrogen-bond donors (Lipinski definition) is 0. The predicted octanol–water partition coefficient (Wildman–Crippen LogP) is 9.78. The van der Waals surface area contributed by atoms with Gasteiger partial charge in [-0.05, 0) is 104 Å². The number of nitrogens with zero attached hydrogens (tertiary/aromatic N) is 6. The fourth-order valence-electron chi connectivity index (χ4n) is 7.29. The lowest BCUT2D eigenvalue weighted by molar-refractivity contribution is 0.484. The number of ether oxygens (including phenoxy) is 1. The van der Waals surface area contributed by atoms with Gasteiger partial charge in [0.2, 0.25) is 0 Å². The Kier molecular flexibility index (Phi) is 6.08. The highest BCUT2D eigenvalue weighted by atomic mass is 16.5. The van der Waals surface area contributed by atoms with Crippen LogP contribution in [0.15, 0.2) is 115 Å². The molecular formula is C41H28N6O. The van der Waals surface area contributed by atoms with Crippen LogP contribution < -0.4 is 4.74 Å². The largest absolute Gasteiger partial charge is 0.457 e. The van der Waals surface area contributed by atoms with E-state index in [9.17, 15) is 5.26 Å². The van der Waals surface area contributed by atoms with Gasteiger partial charge in [0, 0.05) is 39.4 Å². The second kappa shape index (κ2) is 10.5. The normalized spacial score (nSPS) is 11.6. The highest BCUT2D eigenvalue weighted by molar-refractivity contribution is 6.13. The summed E-state index contributed by atoms with van der Waals surface area (Å²) < 4.78 is 10.9. The Balaban J connectivity index is 1.22. The van der Waals surface area contributed by atoms with E-state index in [1.54, 1.807) is 6.20 Å². The van der Waals surface area contributed by atoms with Crippen LogP contribution in [0, 0.1) is 32.1 Å². The maximum absolute atomic E-state index is 9.60. The lowest BCUT2D eigenvalue weighted by atomic mass is 9.99. The minimum Gasteiger partial charge on any atom is -0.457 e. The van der Waals surface area contributed by atoms with Crippen LogP contribution in [-0.2, 0) is 0 Å². The van der Waals surface area contributed by atoms with E-state index >= 15 is 0 Å². The molecule has 0 N–H and O–H groups in total. The van der Waals surface area contributed by atoms with Crippen LogP contribution in [0.25, 0.3) is 66.3 Å². The fraction of sp³-hybridized carbons (Fsp3) is 0.0732. The molecule has 0 aliphatic heterocycles. The zero-order valence-electron chi connectivity index (χ0n) is 26.6. The second-order valence-electron chi connectivity index (χ2n) is 12.3. The summed E-state index contributed by atoms with van der Waals surface area (Å²) in [5.41, 5.74) is 9.03. The van der Waals surface area contributed by atoms with Gasteiger partial charge in [0.25, 0.3) is 0 Å². The highest BCUT2D eigenvalue weighted by Crippen LogP contribution is 2.38. The zero-order chi connectivity index (χ0) is 32.5. The summed E-state index contributed by atoms with van der Waals surface area (Å²) in [6, 6.07) is 38.9. The third kappa shape index (κ3) is 4.16. The number of aromatic nitrogens is 5. The summed E-state index contributed by atoms with van der Waals surface area (Å²) in [5, 5.41) is 24.3. The fourth-order valence-corrected chi connectivity index (χ4v) is 7.29. The molecular weight excluding hydrogens is 592 g/mol. The predicted molar refractivity (Wildman–Crippen MR) is 191 cm³/mol. The minimum absolute atomic E-state index is 0.613. The third-order valence-electron chi connectivity index (χ3n) is 9.21. The maximum Gasteiger partial charge on any atom is 0.169 e. The van der Waals surface area contributed by atoms with E-state index in [2.05, 4.69) is 95.4 Å². The van der Waals surface area contributed by atoms with Gasteiger partial charge in [-0.15, -0.1) is 10.2 Å². The smallest absolute Gasteiger partial charge is 0.169 e. The monoisotopic (exact) mass is 620 g/mol. The van der Waals surface area contributed by atoms with E-state index in [4.69, 9.17) is 14.9 Å². The first-order chi connectivity index (χ1) is 23.5. The average Bonchev–Trinajstić information content (AvgIpc) is 3.68. The number of fused-ring (bicyclic) bond motifs is 9. The van der Waals surface area contributed by atoms with Gasteiger partial charge < -0.3 is 4.74 Å². The first-order valence-electron chi connectivity index (χ1n) is 15.8. The van der Waals surface area contributed by atoms with E-state index in [-0.39, 0.29) is 0 Å². The lowest BCUT2D eigenvalue weighted by Gasteiger charge is -2.14. The molecule has 0 radical (unpaired) electrons. The van der Waals surface area contributed by atoms with E-state index < -0.39 is 0 Å². The van der Waals surface area contributed by atoms with Crippen molar-refractivity contribution in [1.82, 2.24) is 24.1 Å². The van der Waals surface area contributed by atoms with Crippen molar-refractivity contribution in [2.45, 2.75) is 20.8 Å². The van der Waals surface area contributed by atoms with Crippen LogP contribution in [0.1, 0.15) is 22.3 Å². The van der Waals surface area contributed by atoms with Crippen molar-refractivity contribution < 1.29 is 4.74 Å². The molecule has 0 spiro atoms. The molecule has 0 amide bonds. The van der Waals surface area contributed by atoms with Gasteiger partial charge in [0.05, 0.1) is 28.2 Å². The zero-order valence-corrected chi connectivity index (χ0v) is 26.6. The minimum atomic E-state index is 0.613. The van der Waals surface area contributed by atoms with E-state index in [0.29, 0.717) is 17.1 Å². The van der Waals surface area contributed by atoms with Crippen molar-refractivity contribution in [1.29, 1.82) is 5.26 Å². The Morgan fingerprint density at radius 1 is 0.625 bits per heavy atom. The van der Waals surface area contributed by atoms with E-state index in [0.717, 1.165) is 66.3 Å². The Labute approximate surface area is 275 Å². The molecule has 228 valence electrons. The number of benzene rings is 5. The standard InChI is InChI=1S/C41H28N6O/c1-24-18-25(2)39(26(3)19-24)41-45-44-40-34-21-28(12-14-30(34)31-8-4-5-9-35(31)47(40)41)48-29-13-15-32-33-20-27(23-42)11-16-36(33)46(37(32)22-29)38-10-6-7-17-43-38/h4-22H,1-3H3. The van der Waals surface area contributed by atoms with Crippen molar-refractivity contribution in [2.24, 2.45) is 0 Å². The SMILES string of the molecule is Cc1cc(C)c(-c2nnc3c4cc(Oc5ccc6c7cc(C#N)ccc7n(-c7ccccn7)c6c5)ccc4c4ccccc4n23)c(C)c1. The van der Waals surface area contributed by atoms with Crippen LogP contribution in [0.2, 0.25) is 0 Å². The van der Waals surface area contributed by atoms with E-state index in [1.165, 1.54) is 16.7 Å². The topological polar surface area (TPSA) is 81.0 Å². The summed E-state index contributed by atoms with van der Waals surface area (Å²) in [6.45, 7) is 6.40. The number of pyridine rings is 2. The van der Waals surface area contributed by atoms with Gasteiger partial charge in [0.15, 0.2) is 11.5 Å². The third-order valence-corrected chi connectivity index (χ3v) is 9.21. The summed E-state index contributed by atoms with van der Waals surface area (Å²) in [4.78, 5) is 4.65. The molecule has 4 heterocycles. The molecule has 0 fully saturated rings. The molecule has 9 rings (SSSR count). The van der Waals surface area contributed by atoms with Gasteiger partial charge in [-0.3, -0.25) is 8.97 Å². The number of para-hydroxylation sites is 1. The van der Waals surface area contributed by atoms with Gasteiger partial charge in [0.1, 0.15) is 17.3 Å². The van der Waals surface area contributed by atoms with Crippen LogP contribution in [0.4, 0.5) is 0 Å². The number of hydrogen-bond acceptors (Lipinski definition) is 5. The summed E-state index contributed by atoms with van der Waals surface area (Å²) in [7, 11) is 0. The first-order valence-corrected chi connectivity index (χ1v) is 15.8. The molecule has 0 saturated heterocycles. The van der Waals surface area contributed by atoms with Gasteiger partial charge in [-0.2, -0.15) is 5.26 Å². The maximum atomic E-state index is 9.60. The molecule has 0 bridgehead atoms. The quantitative estimate of drug-likeness (QED) is 0.183. The van der Waals surface area contributed by atoms with Gasteiger partial charge in [-0.25, -0.2) is 4.98 Å².